The molecule has 0 aliphatic carbocycles. The van der Waals surface area contributed by atoms with Gasteiger partial charge in [0.25, 0.3) is 0 Å². The smallest absolute Gasteiger partial charge is 0.149 e. The van der Waals surface area contributed by atoms with Crippen molar-refractivity contribution in [3.8, 4) is 5.75 Å². The van der Waals surface area contributed by atoms with E-state index < -0.39 is 0 Å². The van der Waals surface area contributed by atoms with Crippen molar-refractivity contribution >= 4 is 34.0 Å². The van der Waals surface area contributed by atoms with Crippen molar-refractivity contribution in [1.29, 1.82) is 0 Å². The Morgan fingerprint density at radius 3 is 2.85 bits per heavy atom. The summed E-state index contributed by atoms with van der Waals surface area (Å²) in [5.41, 5.74) is 2.30. The van der Waals surface area contributed by atoms with E-state index in [-0.39, 0.29) is 6.61 Å². The number of pyridine rings is 1. The zero-order chi connectivity index (χ0) is 23.9. The average molecular weight is 501 g/mol. The maximum absolute atomic E-state index is 10.2. The fourth-order valence-electron chi connectivity index (χ4n) is 5.12. The van der Waals surface area contributed by atoms with Crippen molar-refractivity contribution in [3.63, 3.8) is 0 Å². The summed E-state index contributed by atoms with van der Waals surface area (Å²) in [4.78, 5) is 13.8. The molecular weight excluding hydrogens is 464 g/mol. The Kier molecular flexibility index (Phi) is 9.19. The molecule has 184 valence electrons. The molecular formula is C26H36N4O2S2. The number of hydrogen-bond acceptors (Lipinski definition) is 8. The highest BCUT2D eigenvalue weighted by Gasteiger charge is 2.30. The highest BCUT2D eigenvalue weighted by Crippen LogP contribution is 2.35. The van der Waals surface area contributed by atoms with Gasteiger partial charge in [-0.3, -0.25) is 4.98 Å². The minimum atomic E-state index is 0.267. The molecule has 34 heavy (non-hydrogen) atoms. The van der Waals surface area contributed by atoms with Gasteiger partial charge in [0.05, 0.1) is 12.6 Å². The number of methoxy groups -OCH3 is 1. The monoisotopic (exact) mass is 500 g/mol. The number of ether oxygens (including phenoxy) is 1. The number of fused-ring (bicyclic) bond motifs is 1. The molecule has 1 aromatic carbocycles. The first-order valence-electron chi connectivity index (χ1n) is 12.0. The Bertz CT molecular complexity index is 1030. The zero-order valence-corrected chi connectivity index (χ0v) is 22.0. The van der Waals surface area contributed by atoms with Crippen LogP contribution in [0.3, 0.4) is 0 Å². The lowest BCUT2D eigenvalue weighted by atomic mass is 9.81. The minimum absolute atomic E-state index is 0.267. The molecule has 1 fully saturated rings. The van der Waals surface area contributed by atoms with Gasteiger partial charge in [-0.15, -0.1) is 11.3 Å². The first kappa shape index (κ1) is 25.4. The number of aliphatic hydroxyl groups is 1. The number of piperidine rings is 1. The summed E-state index contributed by atoms with van der Waals surface area (Å²) in [5, 5.41) is 13.4. The summed E-state index contributed by atoms with van der Waals surface area (Å²) in [5.74, 6) is 2.81. The Morgan fingerprint density at radius 2 is 2.12 bits per heavy atom. The lowest BCUT2D eigenvalue weighted by molar-refractivity contribution is 0.0671. The molecule has 1 aliphatic heterocycles. The number of aromatic nitrogens is 2. The molecule has 6 nitrogen and oxygen atoms in total. The molecule has 4 rings (SSSR count). The van der Waals surface area contributed by atoms with Crippen LogP contribution in [-0.2, 0) is 0 Å². The molecule has 0 spiro atoms. The van der Waals surface area contributed by atoms with Crippen LogP contribution in [0.2, 0.25) is 0 Å². The molecule has 1 aliphatic rings. The number of aliphatic hydroxyl groups excluding tert-OH is 1. The van der Waals surface area contributed by atoms with Crippen molar-refractivity contribution in [2.75, 3.05) is 53.2 Å². The highest BCUT2D eigenvalue weighted by atomic mass is 32.2. The van der Waals surface area contributed by atoms with E-state index in [1.165, 1.54) is 5.56 Å². The number of benzene rings is 1. The number of thiazole rings is 1. The third kappa shape index (κ3) is 6.29. The molecule has 8 heteroatoms. The van der Waals surface area contributed by atoms with E-state index in [4.69, 9.17) is 4.74 Å². The second-order valence-corrected chi connectivity index (χ2v) is 11.5. The summed E-state index contributed by atoms with van der Waals surface area (Å²) in [6.45, 7) is 3.42. The lowest BCUT2D eigenvalue weighted by Gasteiger charge is -2.39. The van der Waals surface area contributed by atoms with Gasteiger partial charge in [-0.25, -0.2) is 4.98 Å². The molecule has 0 unspecified atom stereocenters. The molecule has 0 saturated carbocycles. The maximum Gasteiger partial charge on any atom is 0.149 e. The van der Waals surface area contributed by atoms with E-state index in [1.54, 1.807) is 18.4 Å². The predicted molar refractivity (Wildman–Crippen MR) is 142 cm³/mol. The summed E-state index contributed by atoms with van der Waals surface area (Å²) in [7, 11) is 6.02. The van der Waals surface area contributed by atoms with Gasteiger partial charge in [-0.05, 0) is 81.6 Å². The van der Waals surface area contributed by atoms with Crippen LogP contribution < -0.4 is 4.74 Å². The van der Waals surface area contributed by atoms with Crippen LogP contribution in [0.25, 0.3) is 10.9 Å². The fourth-order valence-corrected chi connectivity index (χ4v) is 6.83. The Hall–Kier alpha value is -1.71. The molecule has 1 saturated heterocycles. The van der Waals surface area contributed by atoms with Gasteiger partial charge in [0, 0.05) is 54.7 Å². The summed E-state index contributed by atoms with van der Waals surface area (Å²) in [6, 6.07) is 8.56. The largest absolute Gasteiger partial charge is 0.497 e. The quantitative estimate of drug-likeness (QED) is 0.379. The van der Waals surface area contributed by atoms with E-state index in [2.05, 4.69) is 46.0 Å². The number of hydrogen-bond donors (Lipinski definition) is 1. The Morgan fingerprint density at radius 1 is 1.24 bits per heavy atom. The van der Waals surface area contributed by atoms with Gasteiger partial charge in [0.1, 0.15) is 10.1 Å². The summed E-state index contributed by atoms with van der Waals surface area (Å²) >= 11 is 3.54. The first-order valence-corrected chi connectivity index (χ1v) is 13.9. The van der Waals surface area contributed by atoms with Crippen molar-refractivity contribution in [3.05, 3.63) is 47.6 Å². The highest BCUT2D eigenvalue weighted by molar-refractivity contribution is 8.01. The van der Waals surface area contributed by atoms with Crippen LogP contribution >= 0.6 is 23.1 Å². The normalized spacial score (nSPS) is 20.1. The first-order chi connectivity index (χ1) is 16.6. The minimum Gasteiger partial charge on any atom is -0.497 e. The number of rotatable bonds is 11. The average Bonchev–Trinajstić information content (AvgIpc) is 3.38. The van der Waals surface area contributed by atoms with Crippen molar-refractivity contribution < 1.29 is 9.84 Å². The summed E-state index contributed by atoms with van der Waals surface area (Å²) < 4.78 is 6.63. The van der Waals surface area contributed by atoms with Crippen LogP contribution in [0.4, 0.5) is 0 Å². The van der Waals surface area contributed by atoms with Crippen molar-refractivity contribution in [2.45, 2.75) is 29.6 Å². The number of thioether (sulfide) groups is 1. The van der Waals surface area contributed by atoms with Crippen LogP contribution in [0.5, 0.6) is 5.75 Å². The molecule has 3 atom stereocenters. The van der Waals surface area contributed by atoms with E-state index in [0.29, 0.717) is 17.9 Å². The van der Waals surface area contributed by atoms with E-state index in [9.17, 15) is 5.11 Å². The standard InChI is InChI=1S/C26H36N4O2S2/c1-29(2)25(22-8-10-27-24-6-5-21(32-3)16-23(22)24)7-4-19-9-12-30(17-20(19)18-31)13-15-34-26-28-11-14-33-26/h5-6,8,10-11,14,16,19-20,25,31H,4,7,9,12-13,15,17-18H2,1-3H3/t19-,20-,25-/m1/s1. The molecule has 0 amide bonds. The second kappa shape index (κ2) is 12.3. The summed E-state index contributed by atoms with van der Waals surface area (Å²) in [6.07, 6.45) is 7.11. The topological polar surface area (TPSA) is 61.7 Å². The maximum atomic E-state index is 10.2. The molecule has 3 aromatic rings. The second-order valence-electron chi connectivity index (χ2n) is 9.28. The van der Waals surface area contributed by atoms with Gasteiger partial charge in [-0.2, -0.15) is 0 Å². The van der Waals surface area contributed by atoms with Gasteiger partial charge in [-0.1, -0.05) is 11.8 Å². The molecule has 0 bridgehead atoms. The molecule has 3 heterocycles. The third-order valence-electron chi connectivity index (χ3n) is 7.03. The van der Waals surface area contributed by atoms with Crippen LogP contribution in [0, 0.1) is 11.8 Å². The molecule has 0 radical (unpaired) electrons. The predicted octanol–water partition coefficient (Wildman–Crippen LogP) is 4.81. The van der Waals surface area contributed by atoms with E-state index in [0.717, 1.165) is 65.6 Å². The fraction of sp³-hybridized carbons (Fsp3) is 0.538. The third-order valence-corrected chi connectivity index (χ3v) is 8.97. The SMILES string of the molecule is COc1ccc2nccc([C@@H](CC[C@@H]3CCN(CCSc4nccs4)C[C@@H]3CO)N(C)C)c2c1. The van der Waals surface area contributed by atoms with Gasteiger partial charge in [0.15, 0.2) is 0 Å². The van der Waals surface area contributed by atoms with Crippen LogP contribution in [0.15, 0.2) is 46.4 Å². The van der Waals surface area contributed by atoms with Gasteiger partial charge < -0.3 is 19.6 Å². The van der Waals surface area contributed by atoms with E-state index >= 15 is 0 Å². The lowest BCUT2D eigenvalue weighted by Crippen LogP contribution is -2.43. The van der Waals surface area contributed by atoms with Crippen molar-refractivity contribution in [2.24, 2.45) is 11.8 Å². The van der Waals surface area contributed by atoms with Gasteiger partial charge in [0.2, 0.25) is 0 Å². The molecule has 2 aromatic heterocycles. The molecule has 1 N–H and O–H groups in total. The van der Waals surface area contributed by atoms with Crippen molar-refractivity contribution in [1.82, 2.24) is 19.8 Å². The number of nitrogens with zero attached hydrogens (tertiary/aromatic N) is 4. The van der Waals surface area contributed by atoms with Gasteiger partial charge >= 0.3 is 0 Å². The van der Waals surface area contributed by atoms with E-state index in [1.807, 2.05) is 41.7 Å². The zero-order valence-electron chi connectivity index (χ0n) is 20.4. The Balaban J connectivity index is 1.37. The van der Waals surface area contributed by atoms with Crippen LogP contribution in [0.1, 0.15) is 30.9 Å². The Labute approximate surface area is 211 Å². The van der Waals surface area contributed by atoms with Crippen LogP contribution in [-0.4, -0.2) is 78.1 Å². The number of likely N-dealkylation sites (tertiary alicyclic amines) is 1.